The maximum absolute atomic E-state index is 13.2. The van der Waals surface area contributed by atoms with Gasteiger partial charge in [0.2, 0.25) is 5.95 Å². The van der Waals surface area contributed by atoms with E-state index in [1.165, 1.54) is 12.1 Å². The van der Waals surface area contributed by atoms with Crippen LogP contribution >= 0.6 is 0 Å². The van der Waals surface area contributed by atoms with Crippen LogP contribution in [-0.4, -0.2) is 51.5 Å². The largest absolute Gasteiger partial charge is 0.384 e. The van der Waals surface area contributed by atoms with Gasteiger partial charge >= 0.3 is 0 Å². The van der Waals surface area contributed by atoms with Crippen LogP contribution in [0.15, 0.2) is 67.0 Å². The van der Waals surface area contributed by atoms with Crippen LogP contribution in [-0.2, 0) is 0 Å². The highest BCUT2D eigenvalue weighted by molar-refractivity contribution is 5.98. The number of amides is 1. The Kier molecular flexibility index (Phi) is 4.74. The molecule has 5 rings (SSSR count). The van der Waals surface area contributed by atoms with Crippen molar-refractivity contribution in [2.24, 2.45) is 0 Å². The zero-order chi connectivity index (χ0) is 21.4. The standard InChI is InChI=1S/C23H21FN6O/c24-18-2-4-19(5-3-18)28-11-13-29(14-12-28)22(31)17-1-6-20-16(15-17)8-10-30(20)23-26-9-7-21(25)27-23/h1-10,15H,11-14H2,(H2,25,26,27). The number of nitrogens with two attached hydrogens (primary N) is 1. The smallest absolute Gasteiger partial charge is 0.253 e. The van der Waals surface area contributed by atoms with Crippen molar-refractivity contribution < 1.29 is 9.18 Å². The number of piperazine rings is 1. The zero-order valence-electron chi connectivity index (χ0n) is 16.8. The van der Waals surface area contributed by atoms with E-state index in [9.17, 15) is 9.18 Å². The molecule has 1 aliphatic heterocycles. The molecule has 7 nitrogen and oxygen atoms in total. The summed E-state index contributed by atoms with van der Waals surface area (Å²) in [7, 11) is 0. The van der Waals surface area contributed by atoms with E-state index in [0.717, 1.165) is 16.6 Å². The molecule has 0 radical (unpaired) electrons. The van der Waals surface area contributed by atoms with Gasteiger partial charge in [0.05, 0.1) is 5.52 Å². The predicted molar refractivity (Wildman–Crippen MR) is 118 cm³/mol. The Balaban J connectivity index is 1.32. The van der Waals surface area contributed by atoms with Crippen LogP contribution in [0.1, 0.15) is 10.4 Å². The first-order chi connectivity index (χ1) is 15.1. The zero-order valence-corrected chi connectivity index (χ0v) is 16.8. The first-order valence-electron chi connectivity index (χ1n) is 10.1. The SMILES string of the molecule is Nc1ccnc(-n2ccc3cc(C(=O)N4CCN(c5ccc(F)cc5)CC4)ccc32)n1. The minimum atomic E-state index is -0.246. The maximum atomic E-state index is 13.2. The molecule has 3 heterocycles. The number of benzene rings is 2. The number of hydrogen-bond donors (Lipinski definition) is 1. The molecule has 0 spiro atoms. The van der Waals surface area contributed by atoms with Gasteiger partial charge in [-0.2, -0.15) is 4.98 Å². The topological polar surface area (TPSA) is 80.3 Å². The number of carbonyl (C=O) groups is 1. The lowest BCUT2D eigenvalue weighted by atomic mass is 10.1. The van der Waals surface area contributed by atoms with Crippen LogP contribution < -0.4 is 10.6 Å². The molecule has 2 N–H and O–H groups in total. The van der Waals surface area contributed by atoms with E-state index >= 15 is 0 Å². The van der Waals surface area contributed by atoms with Crippen molar-refractivity contribution >= 4 is 28.3 Å². The molecule has 1 saturated heterocycles. The molecule has 0 saturated carbocycles. The lowest BCUT2D eigenvalue weighted by Crippen LogP contribution is -2.48. The van der Waals surface area contributed by atoms with E-state index < -0.39 is 0 Å². The van der Waals surface area contributed by atoms with Crippen molar-refractivity contribution in [3.63, 3.8) is 0 Å². The first-order valence-corrected chi connectivity index (χ1v) is 10.1. The highest BCUT2D eigenvalue weighted by atomic mass is 19.1. The van der Waals surface area contributed by atoms with Crippen LogP contribution in [0, 0.1) is 5.82 Å². The Bertz CT molecular complexity index is 1240. The fourth-order valence-corrected chi connectivity index (χ4v) is 3.93. The molecule has 0 atom stereocenters. The van der Waals surface area contributed by atoms with Gasteiger partial charge in [-0.3, -0.25) is 9.36 Å². The van der Waals surface area contributed by atoms with Crippen LogP contribution in [0.5, 0.6) is 0 Å². The summed E-state index contributed by atoms with van der Waals surface area (Å²) >= 11 is 0. The molecule has 1 amide bonds. The average Bonchev–Trinajstić information content (AvgIpc) is 3.23. The minimum absolute atomic E-state index is 0.00797. The van der Waals surface area contributed by atoms with Crippen LogP contribution in [0.2, 0.25) is 0 Å². The molecule has 0 aliphatic carbocycles. The van der Waals surface area contributed by atoms with Crippen molar-refractivity contribution in [3.05, 3.63) is 78.4 Å². The van der Waals surface area contributed by atoms with Crippen molar-refractivity contribution in [3.8, 4) is 5.95 Å². The third-order valence-electron chi connectivity index (χ3n) is 5.58. The predicted octanol–water partition coefficient (Wildman–Crippen LogP) is 3.10. The third kappa shape index (κ3) is 3.68. The Hall–Kier alpha value is -3.94. The molecular formula is C23H21FN6O. The number of rotatable bonds is 3. The quantitative estimate of drug-likeness (QED) is 0.555. The number of fused-ring (bicyclic) bond motifs is 1. The molecule has 8 heteroatoms. The van der Waals surface area contributed by atoms with Gasteiger partial charge in [0.25, 0.3) is 5.91 Å². The summed E-state index contributed by atoms with van der Waals surface area (Å²) in [5.41, 5.74) is 8.30. The van der Waals surface area contributed by atoms with E-state index in [-0.39, 0.29) is 11.7 Å². The second-order valence-electron chi connectivity index (χ2n) is 7.50. The molecular weight excluding hydrogens is 395 g/mol. The summed E-state index contributed by atoms with van der Waals surface area (Å²) in [5.74, 6) is 0.655. The van der Waals surface area contributed by atoms with Crippen molar-refractivity contribution in [2.45, 2.75) is 0 Å². The summed E-state index contributed by atoms with van der Waals surface area (Å²) in [4.78, 5) is 25.6. The molecule has 2 aromatic carbocycles. The number of halogens is 1. The number of nitrogens with zero attached hydrogens (tertiary/aromatic N) is 5. The second kappa shape index (κ2) is 7.71. The van der Waals surface area contributed by atoms with Crippen LogP contribution in [0.25, 0.3) is 16.9 Å². The summed E-state index contributed by atoms with van der Waals surface area (Å²) in [6.07, 6.45) is 3.49. The maximum Gasteiger partial charge on any atom is 0.253 e. The molecule has 1 fully saturated rings. The number of aromatic nitrogens is 3. The number of anilines is 2. The van der Waals surface area contributed by atoms with Crippen LogP contribution in [0.3, 0.4) is 0 Å². The lowest BCUT2D eigenvalue weighted by molar-refractivity contribution is 0.0747. The first kappa shape index (κ1) is 19.0. The van der Waals surface area contributed by atoms with Crippen molar-refractivity contribution in [2.75, 3.05) is 36.8 Å². The third-order valence-corrected chi connectivity index (χ3v) is 5.58. The fourth-order valence-electron chi connectivity index (χ4n) is 3.93. The van der Waals surface area contributed by atoms with E-state index in [4.69, 9.17) is 5.73 Å². The fraction of sp³-hybridized carbons (Fsp3) is 0.174. The van der Waals surface area contributed by atoms with Gasteiger partial charge in [0.15, 0.2) is 0 Å². The highest BCUT2D eigenvalue weighted by Gasteiger charge is 2.23. The van der Waals surface area contributed by atoms with Gasteiger partial charge in [-0.1, -0.05) is 0 Å². The normalized spacial score (nSPS) is 14.2. The van der Waals surface area contributed by atoms with Crippen molar-refractivity contribution in [1.82, 2.24) is 19.4 Å². The molecule has 31 heavy (non-hydrogen) atoms. The average molecular weight is 416 g/mol. The number of hydrogen-bond acceptors (Lipinski definition) is 5. The van der Waals surface area contributed by atoms with E-state index in [0.29, 0.717) is 43.5 Å². The molecule has 0 unspecified atom stereocenters. The minimum Gasteiger partial charge on any atom is -0.384 e. The Labute approximate surface area is 178 Å². The van der Waals surface area contributed by atoms with E-state index in [2.05, 4.69) is 14.9 Å². The van der Waals surface area contributed by atoms with Crippen molar-refractivity contribution in [1.29, 1.82) is 0 Å². The van der Waals surface area contributed by atoms with Gasteiger partial charge < -0.3 is 15.5 Å². The Morgan fingerprint density at radius 2 is 1.74 bits per heavy atom. The lowest BCUT2D eigenvalue weighted by Gasteiger charge is -2.36. The molecule has 2 aromatic heterocycles. The van der Waals surface area contributed by atoms with Gasteiger partial charge in [-0.05, 0) is 54.6 Å². The Morgan fingerprint density at radius 1 is 0.968 bits per heavy atom. The second-order valence-corrected chi connectivity index (χ2v) is 7.50. The van der Waals surface area contributed by atoms with Gasteiger partial charge in [-0.25, -0.2) is 9.37 Å². The van der Waals surface area contributed by atoms with E-state index in [1.54, 1.807) is 24.4 Å². The molecule has 156 valence electrons. The van der Waals surface area contributed by atoms with Gasteiger partial charge in [0.1, 0.15) is 11.6 Å². The summed E-state index contributed by atoms with van der Waals surface area (Å²) < 4.78 is 15.0. The van der Waals surface area contributed by atoms with E-state index in [1.807, 2.05) is 39.9 Å². The Morgan fingerprint density at radius 3 is 2.48 bits per heavy atom. The van der Waals surface area contributed by atoms with Gasteiger partial charge in [-0.15, -0.1) is 0 Å². The summed E-state index contributed by atoms with van der Waals surface area (Å²) in [6, 6.07) is 15.7. The van der Waals surface area contributed by atoms with Gasteiger partial charge in [0, 0.05) is 55.2 Å². The highest BCUT2D eigenvalue weighted by Crippen LogP contribution is 2.22. The molecule has 1 aliphatic rings. The monoisotopic (exact) mass is 416 g/mol. The summed E-state index contributed by atoms with van der Waals surface area (Å²) in [6.45, 7) is 2.66. The number of carbonyl (C=O) groups excluding carboxylic acids is 1. The summed E-state index contributed by atoms with van der Waals surface area (Å²) in [5, 5.41) is 0.932. The van der Waals surface area contributed by atoms with Crippen LogP contribution in [0.4, 0.5) is 15.9 Å². The molecule has 0 bridgehead atoms. The number of nitrogen functional groups attached to an aromatic ring is 1. The molecule has 4 aromatic rings.